The fourth-order valence-electron chi connectivity index (χ4n) is 2.92. The summed E-state index contributed by atoms with van der Waals surface area (Å²) in [5.41, 5.74) is 2.51. The molecule has 0 saturated heterocycles. The summed E-state index contributed by atoms with van der Waals surface area (Å²) in [6.45, 7) is 2.79. The maximum Gasteiger partial charge on any atom is 0.262 e. The van der Waals surface area contributed by atoms with Crippen LogP contribution in [0.2, 0.25) is 0 Å². The Morgan fingerprint density at radius 1 is 1.11 bits per heavy atom. The summed E-state index contributed by atoms with van der Waals surface area (Å²) >= 11 is 1.56. The second-order valence-corrected chi connectivity index (χ2v) is 7.85. The van der Waals surface area contributed by atoms with E-state index in [0.717, 1.165) is 29.1 Å². The molecule has 3 aromatic rings. The van der Waals surface area contributed by atoms with Gasteiger partial charge in [0, 0.05) is 32.0 Å². The van der Waals surface area contributed by atoms with Gasteiger partial charge in [0.1, 0.15) is 0 Å². The molecule has 6 heteroatoms. The number of thioether (sulfide) groups is 1. The predicted molar refractivity (Wildman–Crippen MR) is 115 cm³/mol. The van der Waals surface area contributed by atoms with Crippen molar-refractivity contribution in [2.75, 3.05) is 14.1 Å². The average molecular weight is 396 g/mol. The number of nitrogens with zero attached hydrogens (tertiary/aromatic N) is 3. The van der Waals surface area contributed by atoms with Crippen molar-refractivity contribution in [2.45, 2.75) is 37.2 Å². The third-order valence-electron chi connectivity index (χ3n) is 4.54. The monoisotopic (exact) mass is 395 g/mol. The highest BCUT2D eigenvalue weighted by Gasteiger charge is 2.12. The standard InChI is InChI=1S/C22H25N3O2S/c1-4-5-14-25-21(27)18-8-6-7-9-19(18)23-22(25)28-15-16-10-12-17(13-11-16)20(26)24(2)3/h6-13H,4-5,14-15H2,1-3H3. The quantitative estimate of drug-likeness (QED) is 0.445. The first-order valence-corrected chi connectivity index (χ1v) is 10.4. The Morgan fingerprint density at radius 2 is 1.82 bits per heavy atom. The second-order valence-electron chi connectivity index (χ2n) is 6.91. The molecule has 0 atom stereocenters. The molecule has 0 N–H and O–H groups in total. The van der Waals surface area contributed by atoms with Gasteiger partial charge >= 0.3 is 0 Å². The summed E-state index contributed by atoms with van der Waals surface area (Å²) < 4.78 is 1.79. The van der Waals surface area contributed by atoms with Crippen LogP contribution in [0.15, 0.2) is 58.5 Å². The lowest BCUT2D eigenvalue weighted by molar-refractivity contribution is 0.0827. The molecular weight excluding hydrogens is 370 g/mol. The fraction of sp³-hybridized carbons (Fsp3) is 0.318. The number of benzene rings is 2. The Balaban J connectivity index is 1.85. The van der Waals surface area contributed by atoms with Crippen LogP contribution in [0.5, 0.6) is 0 Å². The third kappa shape index (κ3) is 4.44. The van der Waals surface area contributed by atoms with E-state index in [-0.39, 0.29) is 11.5 Å². The lowest BCUT2D eigenvalue weighted by Crippen LogP contribution is -2.23. The zero-order valence-electron chi connectivity index (χ0n) is 16.5. The van der Waals surface area contributed by atoms with E-state index >= 15 is 0 Å². The Morgan fingerprint density at radius 3 is 2.50 bits per heavy atom. The Kier molecular flexibility index (Phi) is 6.52. The topological polar surface area (TPSA) is 55.2 Å². The van der Waals surface area contributed by atoms with Crippen LogP contribution in [0, 0.1) is 0 Å². The largest absolute Gasteiger partial charge is 0.345 e. The summed E-state index contributed by atoms with van der Waals surface area (Å²) in [7, 11) is 3.49. The van der Waals surface area contributed by atoms with Gasteiger partial charge in [-0.15, -0.1) is 0 Å². The van der Waals surface area contributed by atoms with Crippen LogP contribution < -0.4 is 5.56 Å². The van der Waals surface area contributed by atoms with Gasteiger partial charge in [0.05, 0.1) is 10.9 Å². The average Bonchev–Trinajstić information content (AvgIpc) is 2.71. The van der Waals surface area contributed by atoms with E-state index in [0.29, 0.717) is 23.2 Å². The van der Waals surface area contributed by atoms with Gasteiger partial charge in [0.25, 0.3) is 11.5 Å². The maximum atomic E-state index is 12.9. The lowest BCUT2D eigenvalue weighted by atomic mass is 10.1. The maximum absolute atomic E-state index is 12.9. The van der Waals surface area contributed by atoms with Gasteiger partial charge in [-0.3, -0.25) is 14.2 Å². The molecule has 5 nitrogen and oxygen atoms in total. The van der Waals surface area contributed by atoms with Crippen LogP contribution in [0.1, 0.15) is 35.7 Å². The number of para-hydroxylation sites is 1. The van der Waals surface area contributed by atoms with E-state index in [1.165, 1.54) is 0 Å². The van der Waals surface area contributed by atoms with Gasteiger partial charge in [0.15, 0.2) is 5.16 Å². The molecular formula is C22H25N3O2S. The predicted octanol–water partition coefficient (Wildman–Crippen LogP) is 4.19. The van der Waals surface area contributed by atoms with Crippen molar-refractivity contribution in [1.29, 1.82) is 0 Å². The van der Waals surface area contributed by atoms with Crippen molar-refractivity contribution in [2.24, 2.45) is 0 Å². The fourth-order valence-corrected chi connectivity index (χ4v) is 3.90. The number of aromatic nitrogens is 2. The first kappa shape index (κ1) is 20.1. The number of carbonyl (C=O) groups is 1. The van der Waals surface area contributed by atoms with Crippen LogP contribution in [0.4, 0.5) is 0 Å². The first-order valence-electron chi connectivity index (χ1n) is 9.44. The van der Waals surface area contributed by atoms with Crippen LogP contribution in [-0.2, 0) is 12.3 Å². The smallest absolute Gasteiger partial charge is 0.262 e. The highest BCUT2D eigenvalue weighted by atomic mass is 32.2. The highest BCUT2D eigenvalue weighted by molar-refractivity contribution is 7.98. The van der Waals surface area contributed by atoms with E-state index in [1.807, 2.05) is 48.5 Å². The van der Waals surface area contributed by atoms with Crippen LogP contribution in [0.3, 0.4) is 0 Å². The molecule has 1 heterocycles. The van der Waals surface area contributed by atoms with Gasteiger partial charge in [-0.2, -0.15) is 0 Å². The summed E-state index contributed by atoms with van der Waals surface area (Å²) in [6.07, 6.45) is 1.96. The van der Waals surface area contributed by atoms with Crippen molar-refractivity contribution >= 4 is 28.6 Å². The van der Waals surface area contributed by atoms with Crippen molar-refractivity contribution in [3.63, 3.8) is 0 Å². The van der Waals surface area contributed by atoms with E-state index in [4.69, 9.17) is 4.98 Å². The second kappa shape index (κ2) is 9.06. The molecule has 0 bridgehead atoms. The van der Waals surface area contributed by atoms with E-state index in [9.17, 15) is 9.59 Å². The summed E-state index contributed by atoms with van der Waals surface area (Å²) in [5, 5.41) is 1.40. The number of amides is 1. The molecule has 0 aliphatic carbocycles. The molecule has 1 aromatic heterocycles. The number of hydrogen-bond acceptors (Lipinski definition) is 4. The van der Waals surface area contributed by atoms with Gasteiger partial charge in [-0.1, -0.05) is 49.4 Å². The van der Waals surface area contributed by atoms with Gasteiger partial charge in [0.2, 0.25) is 0 Å². The molecule has 3 rings (SSSR count). The summed E-state index contributed by atoms with van der Waals surface area (Å²) in [4.78, 5) is 31.2. The molecule has 0 saturated carbocycles. The minimum absolute atomic E-state index is 0.0104. The normalized spacial score (nSPS) is 11.0. The summed E-state index contributed by atoms with van der Waals surface area (Å²) in [5.74, 6) is 0.677. The van der Waals surface area contributed by atoms with Crippen molar-refractivity contribution in [1.82, 2.24) is 14.5 Å². The van der Waals surface area contributed by atoms with Crippen molar-refractivity contribution in [3.8, 4) is 0 Å². The lowest BCUT2D eigenvalue weighted by Gasteiger charge is -2.13. The molecule has 0 fully saturated rings. The van der Waals surface area contributed by atoms with E-state index in [2.05, 4.69) is 6.92 Å². The molecule has 146 valence electrons. The molecule has 28 heavy (non-hydrogen) atoms. The number of unbranched alkanes of at least 4 members (excludes halogenated alkanes) is 1. The Bertz CT molecular complexity index is 1030. The van der Waals surface area contributed by atoms with Crippen LogP contribution in [0.25, 0.3) is 10.9 Å². The molecule has 0 unspecified atom stereocenters. The van der Waals surface area contributed by atoms with Gasteiger partial charge < -0.3 is 4.90 Å². The van der Waals surface area contributed by atoms with E-state index in [1.54, 1.807) is 35.3 Å². The number of fused-ring (bicyclic) bond motifs is 1. The molecule has 0 radical (unpaired) electrons. The molecule has 2 aromatic carbocycles. The SMILES string of the molecule is CCCCn1c(SCc2ccc(C(=O)N(C)C)cc2)nc2ccccc2c1=O. The van der Waals surface area contributed by atoms with Crippen molar-refractivity contribution < 1.29 is 4.79 Å². The molecule has 0 spiro atoms. The molecule has 0 aliphatic rings. The minimum Gasteiger partial charge on any atom is -0.345 e. The number of hydrogen-bond donors (Lipinski definition) is 0. The van der Waals surface area contributed by atoms with Crippen LogP contribution >= 0.6 is 11.8 Å². The highest BCUT2D eigenvalue weighted by Crippen LogP contribution is 2.23. The van der Waals surface area contributed by atoms with Crippen molar-refractivity contribution in [3.05, 3.63) is 70.0 Å². The Hall–Kier alpha value is -2.60. The first-order chi connectivity index (χ1) is 13.5. The number of carbonyl (C=O) groups excluding carboxylic acids is 1. The zero-order chi connectivity index (χ0) is 20.1. The molecule has 0 aliphatic heterocycles. The third-order valence-corrected chi connectivity index (χ3v) is 5.58. The Labute approximate surface area is 169 Å². The van der Waals surface area contributed by atoms with Gasteiger partial charge in [-0.05, 0) is 36.2 Å². The van der Waals surface area contributed by atoms with E-state index < -0.39 is 0 Å². The number of rotatable bonds is 7. The summed E-state index contributed by atoms with van der Waals surface area (Å²) in [6, 6.07) is 15.1. The molecule has 1 amide bonds. The van der Waals surface area contributed by atoms with Crippen LogP contribution in [-0.4, -0.2) is 34.5 Å². The minimum atomic E-state index is -0.0104. The van der Waals surface area contributed by atoms with Gasteiger partial charge in [-0.25, -0.2) is 4.98 Å². The zero-order valence-corrected chi connectivity index (χ0v) is 17.3.